The number of nitrogens with zero attached hydrogens (tertiary/aromatic N) is 2. The summed E-state index contributed by atoms with van der Waals surface area (Å²) in [6.45, 7) is 3.99. The molecule has 4 nitrogen and oxygen atoms in total. The lowest BCUT2D eigenvalue weighted by Crippen LogP contribution is -2.35. The molecule has 0 amide bonds. The Labute approximate surface area is 101 Å². The third-order valence-electron chi connectivity index (χ3n) is 2.92. The molecule has 5 heteroatoms. The van der Waals surface area contributed by atoms with E-state index < -0.39 is 0 Å². The zero-order valence-electron chi connectivity index (χ0n) is 9.90. The van der Waals surface area contributed by atoms with Crippen LogP contribution in [-0.2, 0) is 0 Å². The Bertz CT molecular complexity index is 323. The van der Waals surface area contributed by atoms with Crippen molar-refractivity contribution < 1.29 is 4.52 Å². The van der Waals surface area contributed by atoms with Crippen molar-refractivity contribution in [3.8, 4) is 0 Å². The Hall–Kier alpha value is -0.550. The minimum absolute atomic E-state index is 0.241. The van der Waals surface area contributed by atoms with E-state index in [1.165, 1.54) is 24.3 Å². The first kappa shape index (κ1) is 11.9. The Morgan fingerprint density at radius 1 is 1.50 bits per heavy atom. The maximum Gasteiger partial charge on any atom is 0.223 e. The van der Waals surface area contributed by atoms with Gasteiger partial charge >= 0.3 is 0 Å². The van der Waals surface area contributed by atoms with Crippen LogP contribution in [-0.4, -0.2) is 27.7 Å². The summed E-state index contributed by atoms with van der Waals surface area (Å²) in [5.74, 6) is 3.98. The summed E-state index contributed by atoms with van der Waals surface area (Å²) in [6.07, 6.45) is 3.50. The number of aromatic nitrogens is 2. The summed E-state index contributed by atoms with van der Waals surface area (Å²) < 4.78 is 5.03. The largest absolute Gasteiger partial charge is 0.340 e. The molecule has 1 fully saturated rings. The van der Waals surface area contributed by atoms with Crippen molar-refractivity contribution in [2.24, 2.45) is 0 Å². The van der Waals surface area contributed by atoms with E-state index in [1.54, 1.807) is 0 Å². The third kappa shape index (κ3) is 2.98. The Balaban J connectivity index is 1.94. The maximum atomic E-state index is 5.03. The number of hydrogen-bond acceptors (Lipinski definition) is 5. The van der Waals surface area contributed by atoms with Gasteiger partial charge in [-0.3, -0.25) is 0 Å². The van der Waals surface area contributed by atoms with Crippen LogP contribution < -0.4 is 5.32 Å². The fraction of sp³-hybridized carbons (Fsp3) is 0.818. The van der Waals surface area contributed by atoms with Crippen LogP contribution in [0, 0.1) is 6.92 Å². The third-order valence-corrected chi connectivity index (χ3v) is 3.97. The molecule has 1 unspecified atom stereocenters. The molecule has 0 radical (unpaired) electrons. The van der Waals surface area contributed by atoms with Gasteiger partial charge in [-0.1, -0.05) is 12.1 Å². The van der Waals surface area contributed by atoms with Crippen LogP contribution in [0.3, 0.4) is 0 Å². The second-order valence-electron chi connectivity index (χ2n) is 4.19. The molecule has 90 valence electrons. The van der Waals surface area contributed by atoms with E-state index in [1.807, 2.05) is 18.7 Å². The Morgan fingerprint density at radius 3 is 2.81 bits per heavy atom. The lowest BCUT2D eigenvalue weighted by atomic mass is 10.1. The Kier molecular flexibility index (Phi) is 4.23. The summed E-state index contributed by atoms with van der Waals surface area (Å²) in [7, 11) is 0. The van der Waals surface area contributed by atoms with Gasteiger partial charge in [0, 0.05) is 13.0 Å². The highest BCUT2D eigenvalue weighted by Crippen LogP contribution is 2.21. The molecule has 1 aliphatic rings. The van der Waals surface area contributed by atoms with Gasteiger partial charge in [0.25, 0.3) is 0 Å². The van der Waals surface area contributed by atoms with Gasteiger partial charge in [-0.2, -0.15) is 16.7 Å². The van der Waals surface area contributed by atoms with E-state index in [0.29, 0.717) is 11.9 Å². The topological polar surface area (TPSA) is 51.0 Å². The van der Waals surface area contributed by atoms with Gasteiger partial charge in [0.1, 0.15) is 0 Å². The summed E-state index contributed by atoms with van der Waals surface area (Å²) >= 11 is 2.04. The average molecular weight is 241 g/mol. The molecule has 0 aliphatic carbocycles. The predicted molar refractivity (Wildman–Crippen MR) is 65.5 cm³/mol. The minimum Gasteiger partial charge on any atom is -0.340 e. The summed E-state index contributed by atoms with van der Waals surface area (Å²) in [5.41, 5.74) is 0. The molecule has 0 bridgehead atoms. The van der Waals surface area contributed by atoms with Gasteiger partial charge < -0.3 is 9.84 Å². The zero-order chi connectivity index (χ0) is 11.4. The van der Waals surface area contributed by atoms with Crippen molar-refractivity contribution in [1.29, 1.82) is 0 Å². The van der Waals surface area contributed by atoms with E-state index in [4.69, 9.17) is 4.52 Å². The number of nitrogens with one attached hydrogen (secondary N) is 1. The molecule has 0 aromatic carbocycles. The molecule has 1 N–H and O–H groups in total. The standard InChI is InChI=1S/C11H19N3OS/c1-3-10(11-12-8(2)15-14-11)13-9-4-6-16-7-5-9/h9-10,13H,3-7H2,1-2H3. The van der Waals surface area contributed by atoms with Gasteiger partial charge in [0.15, 0.2) is 5.82 Å². The van der Waals surface area contributed by atoms with Crippen LogP contribution in [0.4, 0.5) is 0 Å². The highest BCUT2D eigenvalue weighted by molar-refractivity contribution is 7.99. The smallest absolute Gasteiger partial charge is 0.223 e. The average Bonchev–Trinajstić information content (AvgIpc) is 2.74. The van der Waals surface area contributed by atoms with Gasteiger partial charge in [-0.25, -0.2) is 0 Å². The second-order valence-corrected chi connectivity index (χ2v) is 5.41. The fourth-order valence-corrected chi connectivity index (χ4v) is 3.09. The number of thioether (sulfide) groups is 1. The van der Waals surface area contributed by atoms with Crippen LogP contribution in [0.2, 0.25) is 0 Å². The first-order chi connectivity index (χ1) is 7.79. The highest BCUT2D eigenvalue weighted by Gasteiger charge is 2.21. The Morgan fingerprint density at radius 2 is 2.25 bits per heavy atom. The van der Waals surface area contributed by atoms with Crippen LogP contribution in [0.5, 0.6) is 0 Å². The van der Waals surface area contributed by atoms with Crippen molar-refractivity contribution in [3.63, 3.8) is 0 Å². The lowest BCUT2D eigenvalue weighted by Gasteiger charge is -2.26. The predicted octanol–water partition coefficient (Wildman–Crippen LogP) is 2.31. The fourth-order valence-electron chi connectivity index (χ4n) is 1.98. The first-order valence-corrected chi connectivity index (χ1v) is 7.09. The van der Waals surface area contributed by atoms with Crippen molar-refractivity contribution in [1.82, 2.24) is 15.5 Å². The molecule has 2 heterocycles. The van der Waals surface area contributed by atoms with Crippen molar-refractivity contribution in [2.75, 3.05) is 11.5 Å². The van der Waals surface area contributed by atoms with Crippen LogP contribution >= 0.6 is 11.8 Å². The van der Waals surface area contributed by atoms with E-state index in [0.717, 1.165) is 12.2 Å². The quantitative estimate of drug-likeness (QED) is 0.876. The van der Waals surface area contributed by atoms with E-state index >= 15 is 0 Å². The molecule has 2 rings (SSSR count). The lowest BCUT2D eigenvalue weighted by molar-refractivity contribution is 0.356. The second kappa shape index (κ2) is 5.68. The molecular weight excluding hydrogens is 222 g/mol. The molecule has 1 atom stereocenters. The van der Waals surface area contributed by atoms with E-state index in [-0.39, 0.29) is 6.04 Å². The summed E-state index contributed by atoms with van der Waals surface area (Å²) in [6, 6.07) is 0.857. The van der Waals surface area contributed by atoms with Gasteiger partial charge in [0.05, 0.1) is 6.04 Å². The van der Waals surface area contributed by atoms with Crippen LogP contribution in [0.1, 0.15) is 43.9 Å². The van der Waals surface area contributed by atoms with E-state index in [2.05, 4.69) is 22.4 Å². The van der Waals surface area contributed by atoms with Crippen molar-refractivity contribution in [3.05, 3.63) is 11.7 Å². The summed E-state index contributed by atoms with van der Waals surface area (Å²) in [5, 5.41) is 7.64. The number of hydrogen-bond donors (Lipinski definition) is 1. The number of rotatable bonds is 4. The zero-order valence-corrected chi connectivity index (χ0v) is 10.7. The van der Waals surface area contributed by atoms with Gasteiger partial charge in [-0.05, 0) is 30.8 Å². The molecule has 16 heavy (non-hydrogen) atoms. The van der Waals surface area contributed by atoms with Gasteiger partial charge in [0.2, 0.25) is 5.89 Å². The molecule has 1 aromatic heterocycles. The summed E-state index contributed by atoms with van der Waals surface area (Å²) in [4.78, 5) is 4.30. The first-order valence-electron chi connectivity index (χ1n) is 5.93. The maximum absolute atomic E-state index is 5.03. The van der Waals surface area contributed by atoms with Crippen molar-refractivity contribution >= 4 is 11.8 Å². The monoisotopic (exact) mass is 241 g/mol. The molecular formula is C11H19N3OS. The van der Waals surface area contributed by atoms with Crippen LogP contribution in [0.25, 0.3) is 0 Å². The van der Waals surface area contributed by atoms with Crippen molar-refractivity contribution in [2.45, 2.75) is 45.2 Å². The molecule has 0 saturated carbocycles. The number of aryl methyl sites for hydroxylation is 1. The van der Waals surface area contributed by atoms with Gasteiger partial charge in [-0.15, -0.1) is 0 Å². The SMILES string of the molecule is CCC(NC1CCSCC1)c1noc(C)n1. The van der Waals surface area contributed by atoms with Crippen LogP contribution in [0.15, 0.2) is 4.52 Å². The van der Waals surface area contributed by atoms with E-state index in [9.17, 15) is 0 Å². The molecule has 0 spiro atoms. The molecule has 1 aromatic rings. The normalized spacial score (nSPS) is 19.9. The molecule has 1 saturated heterocycles. The highest BCUT2D eigenvalue weighted by atomic mass is 32.2. The molecule has 1 aliphatic heterocycles. The minimum atomic E-state index is 0.241.